The summed E-state index contributed by atoms with van der Waals surface area (Å²) in [4.78, 5) is 12.6. The van der Waals surface area contributed by atoms with Gasteiger partial charge in [-0.3, -0.25) is 14.5 Å². The highest BCUT2D eigenvalue weighted by molar-refractivity contribution is 7.98. The summed E-state index contributed by atoms with van der Waals surface area (Å²) in [5.41, 5.74) is 1.60. The van der Waals surface area contributed by atoms with E-state index in [1.807, 2.05) is 16.7 Å². The van der Waals surface area contributed by atoms with Crippen molar-refractivity contribution in [3.8, 4) is 11.5 Å². The van der Waals surface area contributed by atoms with Gasteiger partial charge >= 0.3 is 0 Å². The van der Waals surface area contributed by atoms with Gasteiger partial charge in [0.25, 0.3) is 0 Å². The van der Waals surface area contributed by atoms with E-state index in [1.165, 1.54) is 0 Å². The standard InChI is InChI=1S/C15H13ClN6S/c1-2-7-22-14(13-9-17-5-6-18-13)20-21-15(22)23-10-12-4-3-11(16)8-19-12/h2-6,8-9H,1,7,10H2. The van der Waals surface area contributed by atoms with Crippen molar-refractivity contribution in [2.45, 2.75) is 17.5 Å². The fourth-order valence-corrected chi connectivity index (χ4v) is 2.90. The summed E-state index contributed by atoms with van der Waals surface area (Å²) < 4.78 is 1.96. The molecule has 0 N–H and O–H groups in total. The zero-order valence-electron chi connectivity index (χ0n) is 12.1. The Kier molecular flexibility index (Phi) is 4.99. The molecular formula is C15H13ClN6S. The first-order valence-electron chi connectivity index (χ1n) is 6.81. The Labute approximate surface area is 142 Å². The van der Waals surface area contributed by atoms with Gasteiger partial charge in [0.15, 0.2) is 11.0 Å². The van der Waals surface area contributed by atoms with Crippen molar-refractivity contribution in [1.29, 1.82) is 0 Å². The second kappa shape index (κ2) is 7.34. The predicted molar refractivity (Wildman–Crippen MR) is 90.1 cm³/mol. The monoisotopic (exact) mass is 344 g/mol. The lowest BCUT2D eigenvalue weighted by Gasteiger charge is -2.06. The van der Waals surface area contributed by atoms with Crippen LogP contribution in [0.1, 0.15) is 5.69 Å². The van der Waals surface area contributed by atoms with E-state index in [4.69, 9.17) is 11.6 Å². The van der Waals surface area contributed by atoms with Gasteiger partial charge in [-0.25, -0.2) is 4.98 Å². The third-order valence-corrected chi connectivity index (χ3v) is 4.18. The van der Waals surface area contributed by atoms with Gasteiger partial charge in [0.05, 0.1) is 16.9 Å². The zero-order valence-corrected chi connectivity index (χ0v) is 13.7. The molecule has 0 atom stereocenters. The van der Waals surface area contributed by atoms with Crippen LogP contribution >= 0.6 is 23.4 Å². The maximum atomic E-state index is 5.85. The van der Waals surface area contributed by atoms with Crippen LogP contribution in [0.3, 0.4) is 0 Å². The molecule has 0 amide bonds. The van der Waals surface area contributed by atoms with E-state index in [2.05, 4.69) is 31.7 Å². The van der Waals surface area contributed by atoms with Gasteiger partial charge in [0.2, 0.25) is 0 Å². The normalized spacial score (nSPS) is 10.7. The van der Waals surface area contributed by atoms with Gasteiger partial charge in [0.1, 0.15) is 5.69 Å². The number of nitrogens with zero attached hydrogens (tertiary/aromatic N) is 6. The number of halogens is 1. The maximum absolute atomic E-state index is 5.85. The highest BCUT2D eigenvalue weighted by Crippen LogP contribution is 2.25. The largest absolute Gasteiger partial charge is 0.297 e. The molecule has 3 aromatic heterocycles. The molecule has 6 nitrogen and oxygen atoms in total. The number of pyridine rings is 1. The topological polar surface area (TPSA) is 69.4 Å². The molecule has 0 aliphatic carbocycles. The first-order chi connectivity index (χ1) is 11.3. The average Bonchev–Trinajstić information content (AvgIpc) is 2.98. The van der Waals surface area contributed by atoms with E-state index in [9.17, 15) is 0 Å². The van der Waals surface area contributed by atoms with Crippen LogP contribution in [0.2, 0.25) is 5.02 Å². The summed E-state index contributed by atoms with van der Waals surface area (Å²) in [6.45, 7) is 4.38. The van der Waals surface area contributed by atoms with Gasteiger partial charge in [-0.1, -0.05) is 29.4 Å². The van der Waals surface area contributed by atoms with E-state index < -0.39 is 0 Å². The van der Waals surface area contributed by atoms with Crippen LogP contribution in [-0.4, -0.2) is 29.7 Å². The van der Waals surface area contributed by atoms with Gasteiger partial charge < -0.3 is 0 Å². The van der Waals surface area contributed by atoms with Gasteiger partial charge in [-0.05, 0) is 12.1 Å². The molecule has 3 heterocycles. The third kappa shape index (κ3) is 3.75. The number of thioether (sulfide) groups is 1. The Morgan fingerprint density at radius 3 is 2.78 bits per heavy atom. The van der Waals surface area contributed by atoms with Crippen molar-refractivity contribution in [3.63, 3.8) is 0 Å². The van der Waals surface area contributed by atoms with Crippen molar-refractivity contribution < 1.29 is 0 Å². The van der Waals surface area contributed by atoms with Crippen LogP contribution in [0, 0.1) is 0 Å². The average molecular weight is 345 g/mol. The Morgan fingerprint density at radius 1 is 1.17 bits per heavy atom. The number of hydrogen-bond acceptors (Lipinski definition) is 6. The molecule has 116 valence electrons. The number of rotatable bonds is 6. The minimum Gasteiger partial charge on any atom is -0.297 e. The fourth-order valence-electron chi connectivity index (χ4n) is 1.92. The molecule has 0 spiro atoms. The minimum absolute atomic E-state index is 0.593. The van der Waals surface area contributed by atoms with Crippen molar-refractivity contribution >= 4 is 23.4 Å². The molecule has 0 bridgehead atoms. The van der Waals surface area contributed by atoms with Crippen molar-refractivity contribution in [2.24, 2.45) is 0 Å². The van der Waals surface area contributed by atoms with E-state index in [1.54, 1.807) is 42.6 Å². The molecule has 0 aliphatic heterocycles. The summed E-state index contributed by atoms with van der Waals surface area (Å²) in [6.07, 6.45) is 8.36. The Hall–Kier alpha value is -2.25. The van der Waals surface area contributed by atoms with Crippen molar-refractivity contribution in [2.75, 3.05) is 0 Å². The molecule has 0 radical (unpaired) electrons. The van der Waals surface area contributed by atoms with E-state index in [0.29, 0.717) is 28.8 Å². The van der Waals surface area contributed by atoms with Gasteiger partial charge in [0, 0.05) is 30.9 Å². The molecule has 0 saturated carbocycles. The summed E-state index contributed by atoms with van der Waals surface area (Å²) in [6, 6.07) is 3.72. The molecular weight excluding hydrogens is 332 g/mol. The Morgan fingerprint density at radius 2 is 2.09 bits per heavy atom. The fraction of sp³-hybridized carbons (Fsp3) is 0.133. The lowest BCUT2D eigenvalue weighted by Crippen LogP contribution is -2.02. The Bertz CT molecular complexity index is 787. The molecule has 0 aliphatic rings. The van der Waals surface area contributed by atoms with Crippen LogP contribution in [0.15, 0.2) is 54.7 Å². The molecule has 0 saturated heterocycles. The van der Waals surface area contributed by atoms with Crippen LogP contribution in [0.5, 0.6) is 0 Å². The zero-order chi connectivity index (χ0) is 16.1. The summed E-state index contributed by atoms with van der Waals surface area (Å²) in [7, 11) is 0. The smallest absolute Gasteiger partial charge is 0.192 e. The van der Waals surface area contributed by atoms with Gasteiger partial charge in [-0.2, -0.15) is 0 Å². The molecule has 0 fully saturated rings. The van der Waals surface area contributed by atoms with E-state index in [-0.39, 0.29) is 0 Å². The van der Waals surface area contributed by atoms with Crippen LogP contribution in [0.4, 0.5) is 0 Å². The molecule has 8 heteroatoms. The molecule has 3 rings (SSSR count). The SMILES string of the molecule is C=CCn1c(SCc2ccc(Cl)cn2)nnc1-c1cnccn1. The van der Waals surface area contributed by atoms with Crippen molar-refractivity contribution in [1.82, 2.24) is 29.7 Å². The first-order valence-corrected chi connectivity index (χ1v) is 8.18. The minimum atomic E-state index is 0.593. The van der Waals surface area contributed by atoms with E-state index >= 15 is 0 Å². The maximum Gasteiger partial charge on any atom is 0.192 e. The van der Waals surface area contributed by atoms with Crippen molar-refractivity contribution in [3.05, 3.63) is 60.3 Å². The molecule has 3 aromatic rings. The number of allylic oxidation sites excluding steroid dienone is 1. The van der Waals surface area contributed by atoms with Crippen LogP contribution < -0.4 is 0 Å². The second-order valence-electron chi connectivity index (χ2n) is 4.55. The second-order valence-corrected chi connectivity index (χ2v) is 5.93. The van der Waals surface area contributed by atoms with Gasteiger partial charge in [-0.15, -0.1) is 16.8 Å². The summed E-state index contributed by atoms with van der Waals surface area (Å²) in [5, 5.41) is 9.89. The lowest BCUT2D eigenvalue weighted by atomic mass is 10.4. The first kappa shape index (κ1) is 15.6. The Balaban J connectivity index is 1.83. The number of hydrogen-bond donors (Lipinski definition) is 0. The number of aromatic nitrogens is 6. The highest BCUT2D eigenvalue weighted by Gasteiger charge is 2.14. The van der Waals surface area contributed by atoms with E-state index in [0.717, 1.165) is 10.9 Å². The summed E-state index contributed by atoms with van der Waals surface area (Å²) >= 11 is 7.40. The molecule has 23 heavy (non-hydrogen) atoms. The third-order valence-electron chi connectivity index (χ3n) is 2.96. The summed E-state index contributed by atoms with van der Waals surface area (Å²) in [5.74, 6) is 1.34. The highest BCUT2D eigenvalue weighted by atomic mass is 35.5. The van der Waals surface area contributed by atoms with Crippen LogP contribution in [0.25, 0.3) is 11.5 Å². The lowest BCUT2D eigenvalue weighted by molar-refractivity contribution is 0.729. The van der Waals surface area contributed by atoms with Crippen LogP contribution in [-0.2, 0) is 12.3 Å². The quantitative estimate of drug-likeness (QED) is 0.505. The molecule has 0 unspecified atom stereocenters. The molecule has 0 aromatic carbocycles. The predicted octanol–water partition coefficient (Wildman–Crippen LogP) is 3.26.